The Balaban J connectivity index is 2.00. The Labute approximate surface area is 159 Å². The Hall–Kier alpha value is -2.54. The minimum atomic E-state index is -0.771. The molecule has 1 atom stereocenters. The number of nitrogens with zero attached hydrogens (tertiary/aromatic N) is 1. The fourth-order valence-corrected chi connectivity index (χ4v) is 2.60. The van der Waals surface area contributed by atoms with Crippen molar-refractivity contribution in [2.45, 2.75) is 19.9 Å². The van der Waals surface area contributed by atoms with Crippen LogP contribution in [0.4, 0.5) is 4.39 Å². The molecule has 0 saturated carbocycles. The zero-order valence-corrected chi connectivity index (χ0v) is 16.0. The summed E-state index contributed by atoms with van der Waals surface area (Å²) in [4.78, 5) is 24.6. The van der Waals surface area contributed by atoms with Crippen LogP contribution in [0.2, 0.25) is 0 Å². The normalized spacial score (nSPS) is 12.2. The van der Waals surface area contributed by atoms with Gasteiger partial charge in [0.2, 0.25) is 0 Å². The maximum absolute atomic E-state index is 13.0. The van der Waals surface area contributed by atoms with Crippen LogP contribution in [-0.4, -0.2) is 24.1 Å². The van der Waals surface area contributed by atoms with E-state index in [0.29, 0.717) is 0 Å². The Morgan fingerprint density at radius 3 is 2.46 bits per heavy atom. The van der Waals surface area contributed by atoms with E-state index in [1.165, 1.54) is 30.5 Å². The first-order valence-corrected chi connectivity index (χ1v) is 8.81. The second-order valence-electron chi connectivity index (χ2n) is 5.99. The Morgan fingerprint density at radius 2 is 1.85 bits per heavy atom. The average molecular weight is 420 g/mol. The van der Waals surface area contributed by atoms with E-state index in [1.54, 1.807) is 0 Å². The second kappa shape index (κ2) is 9.24. The van der Waals surface area contributed by atoms with Gasteiger partial charge in [-0.1, -0.05) is 41.9 Å². The van der Waals surface area contributed by atoms with Gasteiger partial charge in [0.1, 0.15) is 11.9 Å². The molecule has 136 valence electrons. The zero-order chi connectivity index (χ0) is 19.1. The number of amides is 2. The number of hydrogen-bond acceptors (Lipinski definition) is 3. The van der Waals surface area contributed by atoms with Gasteiger partial charge >= 0.3 is 0 Å². The lowest BCUT2D eigenvalue weighted by atomic mass is 10.0. The largest absolute Gasteiger partial charge is 0.340 e. The highest BCUT2D eigenvalue weighted by atomic mass is 79.9. The van der Waals surface area contributed by atoms with Crippen LogP contribution in [-0.2, 0) is 4.79 Å². The summed E-state index contributed by atoms with van der Waals surface area (Å²) < 4.78 is 13.9. The Bertz CT molecular complexity index is 807. The van der Waals surface area contributed by atoms with Crippen LogP contribution in [0.15, 0.2) is 58.1 Å². The van der Waals surface area contributed by atoms with Gasteiger partial charge in [-0.2, -0.15) is 5.10 Å². The molecule has 0 aliphatic rings. The van der Waals surface area contributed by atoms with Crippen molar-refractivity contribution < 1.29 is 14.0 Å². The fraction of sp³-hybridized carbons (Fsp3) is 0.211. The molecular formula is C19H19BrFN3O2. The first-order chi connectivity index (χ1) is 12.4. The van der Waals surface area contributed by atoms with Crippen molar-refractivity contribution in [3.63, 3.8) is 0 Å². The SMILES string of the molecule is CC(C)C(NC(=O)c1ccc(F)cc1)C(=O)N/N=C/c1cccc(Br)c1. The van der Waals surface area contributed by atoms with Crippen molar-refractivity contribution in [1.82, 2.24) is 10.7 Å². The van der Waals surface area contributed by atoms with Crippen LogP contribution in [0.5, 0.6) is 0 Å². The van der Waals surface area contributed by atoms with E-state index in [9.17, 15) is 14.0 Å². The van der Waals surface area contributed by atoms with Crippen molar-refractivity contribution >= 4 is 34.0 Å². The third-order valence-corrected chi connectivity index (χ3v) is 4.07. The van der Waals surface area contributed by atoms with Gasteiger partial charge in [0.25, 0.3) is 11.8 Å². The van der Waals surface area contributed by atoms with Crippen molar-refractivity contribution in [2.75, 3.05) is 0 Å². The quantitative estimate of drug-likeness (QED) is 0.555. The van der Waals surface area contributed by atoms with Crippen LogP contribution < -0.4 is 10.7 Å². The zero-order valence-electron chi connectivity index (χ0n) is 14.4. The molecule has 0 heterocycles. The first kappa shape index (κ1) is 19.8. The summed E-state index contributed by atoms with van der Waals surface area (Å²) in [5.41, 5.74) is 3.53. The molecule has 2 aromatic carbocycles. The van der Waals surface area contributed by atoms with Crippen molar-refractivity contribution in [3.05, 3.63) is 69.9 Å². The number of hydrogen-bond donors (Lipinski definition) is 2. The van der Waals surface area contributed by atoms with Gasteiger partial charge < -0.3 is 5.32 Å². The number of benzene rings is 2. The molecule has 2 N–H and O–H groups in total. The summed E-state index contributed by atoms with van der Waals surface area (Å²) in [6, 6.07) is 11.8. The van der Waals surface area contributed by atoms with Gasteiger partial charge in [-0.15, -0.1) is 0 Å². The van der Waals surface area contributed by atoms with Crippen LogP contribution in [0, 0.1) is 11.7 Å². The topological polar surface area (TPSA) is 70.6 Å². The predicted molar refractivity (Wildman–Crippen MR) is 102 cm³/mol. The van der Waals surface area contributed by atoms with Crippen molar-refractivity contribution in [2.24, 2.45) is 11.0 Å². The molecule has 1 unspecified atom stereocenters. The molecule has 2 amide bonds. The summed E-state index contributed by atoms with van der Waals surface area (Å²) >= 11 is 3.36. The maximum atomic E-state index is 13.0. The lowest BCUT2D eigenvalue weighted by Crippen LogP contribution is -2.48. The highest BCUT2D eigenvalue weighted by Crippen LogP contribution is 2.10. The van der Waals surface area contributed by atoms with Crippen molar-refractivity contribution in [1.29, 1.82) is 0 Å². The van der Waals surface area contributed by atoms with E-state index >= 15 is 0 Å². The van der Waals surface area contributed by atoms with Gasteiger partial charge in [-0.3, -0.25) is 9.59 Å². The number of hydrazone groups is 1. The van der Waals surface area contributed by atoms with Gasteiger partial charge in [-0.05, 0) is 47.9 Å². The monoisotopic (exact) mass is 419 g/mol. The maximum Gasteiger partial charge on any atom is 0.262 e. The summed E-state index contributed by atoms with van der Waals surface area (Å²) in [5.74, 6) is -1.46. The van der Waals surface area contributed by atoms with E-state index in [4.69, 9.17) is 0 Å². The molecular weight excluding hydrogens is 401 g/mol. The molecule has 0 radical (unpaired) electrons. The third kappa shape index (κ3) is 5.77. The minimum absolute atomic E-state index is 0.152. The number of halogens is 2. The predicted octanol–water partition coefficient (Wildman–Crippen LogP) is 3.49. The molecule has 7 heteroatoms. The van der Waals surface area contributed by atoms with Gasteiger partial charge in [0.05, 0.1) is 6.21 Å². The number of carbonyl (C=O) groups is 2. The molecule has 0 aliphatic heterocycles. The van der Waals surface area contributed by atoms with E-state index in [0.717, 1.165) is 10.0 Å². The first-order valence-electron chi connectivity index (χ1n) is 8.01. The van der Waals surface area contributed by atoms with Crippen LogP contribution in [0.3, 0.4) is 0 Å². The molecule has 0 fully saturated rings. The van der Waals surface area contributed by atoms with E-state index in [2.05, 4.69) is 31.8 Å². The molecule has 0 spiro atoms. The van der Waals surface area contributed by atoms with E-state index in [-0.39, 0.29) is 11.5 Å². The molecule has 0 aromatic heterocycles. The van der Waals surface area contributed by atoms with Crippen molar-refractivity contribution in [3.8, 4) is 0 Å². The van der Waals surface area contributed by atoms with Crippen LogP contribution >= 0.6 is 15.9 Å². The van der Waals surface area contributed by atoms with Gasteiger partial charge in [0, 0.05) is 10.0 Å². The average Bonchev–Trinajstić information content (AvgIpc) is 2.59. The smallest absolute Gasteiger partial charge is 0.262 e. The Morgan fingerprint density at radius 1 is 1.15 bits per heavy atom. The molecule has 5 nitrogen and oxygen atoms in total. The molecule has 0 aliphatic carbocycles. The summed E-state index contributed by atoms with van der Waals surface area (Å²) in [5, 5.41) is 6.59. The molecule has 0 saturated heterocycles. The highest BCUT2D eigenvalue weighted by Gasteiger charge is 2.24. The third-order valence-electron chi connectivity index (χ3n) is 3.58. The second-order valence-corrected chi connectivity index (χ2v) is 6.91. The molecule has 26 heavy (non-hydrogen) atoms. The minimum Gasteiger partial charge on any atom is -0.340 e. The summed E-state index contributed by atoms with van der Waals surface area (Å²) in [7, 11) is 0. The number of rotatable bonds is 6. The van der Waals surface area contributed by atoms with Crippen LogP contribution in [0.25, 0.3) is 0 Å². The highest BCUT2D eigenvalue weighted by molar-refractivity contribution is 9.10. The van der Waals surface area contributed by atoms with Gasteiger partial charge in [-0.25, -0.2) is 9.82 Å². The van der Waals surface area contributed by atoms with E-state index in [1.807, 2.05) is 38.1 Å². The van der Waals surface area contributed by atoms with Crippen LogP contribution in [0.1, 0.15) is 29.8 Å². The molecule has 2 rings (SSSR count). The fourth-order valence-electron chi connectivity index (χ4n) is 2.19. The summed E-state index contributed by atoms with van der Waals surface area (Å²) in [6.07, 6.45) is 1.52. The number of carbonyl (C=O) groups excluding carboxylic acids is 2. The molecule has 0 bridgehead atoms. The lowest BCUT2D eigenvalue weighted by molar-refractivity contribution is -0.123. The Kier molecular flexibility index (Phi) is 7.03. The summed E-state index contributed by atoms with van der Waals surface area (Å²) in [6.45, 7) is 3.63. The standard InChI is InChI=1S/C19H19BrFN3O2/c1-12(2)17(23-18(25)14-6-8-16(21)9-7-14)19(26)24-22-11-13-4-3-5-15(20)10-13/h3-12,17H,1-2H3,(H,23,25)(H,24,26)/b22-11+. The van der Waals surface area contributed by atoms with Gasteiger partial charge in [0.15, 0.2) is 0 Å². The van der Waals surface area contributed by atoms with E-state index < -0.39 is 23.7 Å². The lowest BCUT2D eigenvalue weighted by Gasteiger charge is -2.20. The number of nitrogens with one attached hydrogen (secondary N) is 2. The molecule has 2 aromatic rings.